The minimum Gasteiger partial charge on any atom is -0.374 e. The van der Waals surface area contributed by atoms with Gasteiger partial charge in [0, 0.05) is 6.04 Å². The van der Waals surface area contributed by atoms with E-state index in [4.69, 9.17) is 10.7 Å². The maximum atomic E-state index is 13.5. The summed E-state index contributed by atoms with van der Waals surface area (Å²) in [6.45, 7) is 8.11. The van der Waals surface area contributed by atoms with Gasteiger partial charge in [0.05, 0.1) is 18.0 Å². The molecule has 3 aromatic carbocycles. The van der Waals surface area contributed by atoms with Crippen molar-refractivity contribution in [1.29, 1.82) is 0 Å². The number of nitrogens with zero attached hydrogens (tertiary/aromatic N) is 2. The molecule has 188 valence electrons. The first-order valence-corrected chi connectivity index (χ1v) is 12.5. The summed E-state index contributed by atoms with van der Waals surface area (Å²) >= 11 is 0. The third-order valence-electron chi connectivity index (χ3n) is 7.26. The second-order valence-electron chi connectivity index (χ2n) is 10.1. The Morgan fingerprint density at radius 1 is 0.889 bits per heavy atom. The lowest BCUT2D eigenvalue weighted by Gasteiger charge is -2.41. The van der Waals surface area contributed by atoms with E-state index in [-0.39, 0.29) is 30.2 Å². The van der Waals surface area contributed by atoms with Crippen LogP contribution in [0, 0.1) is 5.92 Å². The summed E-state index contributed by atoms with van der Waals surface area (Å²) in [5.74, 6) is 0.334. The van der Waals surface area contributed by atoms with Crippen LogP contribution in [0.15, 0.2) is 89.9 Å². The highest BCUT2D eigenvalue weighted by atomic mass is 16.3. The molecule has 4 N–H and O–H groups in total. The number of aliphatic hydroxyl groups is 1. The first-order chi connectivity index (χ1) is 17.2. The Morgan fingerprint density at radius 3 is 2.03 bits per heavy atom. The number of nitrogens with two attached hydrogens (primary N) is 1. The lowest BCUT2D eigenvalue weighted by Crippen LogP contribution is -2.53. The topological polar surface area (TPSA) is 91.0 Å². The molecule has 0 fully saturated rings. The van der Waals surface area contributed by atoms with Crippen molar-refractivity contribution in [3.63, 3.8) is 0 Å². The van der Waals surface area contributed by atoms with Crippen LogP contribution in [0.1, 0.15) is 74.7 Å². The van der Waals surface area contributed by atoms with Crippen LogP contribution >= 0.6 is 0 Å². The zero-order valence-electron chi connectivity index (χ0n) is 21.4. The molecule has 0 aliphatic carbocycles. The Balaban J connectivity index is 1.69. The van der Waals surface area contributed by atoms with E-state index in [1.807, 2.05) is 98.8 Å². The summed E-state index contributed by atoms with van der Waals surface area (Å²) < 4.78 is 0. The zero-order valence-corrected chi connectivity index (χ0v) is 21.4. The predicted octanol–water partition coefficient (Wildman–Crippen LogP) is 5.08. The summed E-state index contributed by atoms with van der Waals surface area (Å²) in [7, 11) is 0. The number of aliphatic hydroxyl groups excluding tert-OH is 1. The number of guanidine groups is 1. The van der Waals surface area contributed by atoms with Crippen LogP contribution in [-0.4, -0.2) is 27.4 Å². The standard InChI is InChI=1S/C30H36N4O2/c1-20(2)30(4)19-26(35)34(29(31)33-30)27(23-14-9-6-10-15-23)24-16-11-17-25(18-24)28(36)32-21(3)22-12-7-5-8-13-22/h5-18,20-21,27-28,32,36H,19H2,1-4H3,(H2,31,33). The first kappa shape index (κ1) is 25.6. The first-order valence-electron chi connectivity index (χ1n) is 12.5. The molecule has 1 aliphatic heterocycles. The van der Waals surface area contributed by atoms with Crippen LogP contribution in [0.25, 0.3) is 0 Å². The Bertz CT molecular complexity index is 1210. The van der Waals surface area contributed by atoms with Crippen LogP contribution in [0.5, 0.6) is 0 Å². The summed E-state index contributed by atoms with van der Waals surface area (Å²) in [4.78, 5) is 19.9. The van der Waals surface area contributed by atoms with Crippen molar-refractivity contribution in [1.82, 2.24) is 10.2 Å². The van der Waals surface area contributed by atoms with Gasteiger partial charge in [0.2, 0.25) is 5.91 Å². The fourth-order valence-corrected chi connectivity index (χ4v) is 4.68. The molecule has 36 heavy (non-hydrogen) atoms. The third-order valence-corrected chi connectivity index (χ3v) is 7.26. The maximum Gasteiger partial charge on any atom is 0.232 e. The molecule has 0 radical (unpaired) electrons. The van der Waals surface area contributed by atoms with Gasteiger partial charge in [-0.1, -0.05) is 92.7 Å². The average Bonchev–Trinajstić information content (AvgIpc) is 2.87. The van der Waals surface area contributed by atoms with Gasteiger partial charge < -0.3 is 10.8 Å². The maximum absolute atomic E-state index is 13.5. The molecule has 0 saturated carbocycles. The lowest BCUT2D eigenvalue weighted by atomic mass is 9.83. The predicted molar refractivity (Wildman–Crippen MR) is 144 cm³/mol. The Hall–Kier alpha value is -3.48. The van der Waals surface area contributed by atoms with Crippen LogP contribution < -0.4 is 11.1 Å². The SMILES string of the molecule is CC(NC(O)c1cccc(C(c2ccccc2)N2C(=O)CC(C)(C(C)C)N=C2N)c1)c1ccccc1. The fraction of sp³-hybridized carbons (Fsp3) is 0.333. The molecule has 1 heterocycles. The molecule has 0 saturated heterocycles. The molecule has 6 nitrogen and oxygen atoms in total. The van der Waals surface area contributed by atoms with E-state index in [1.165, 1.54) is 0 Å². The van der Waals surface area contributed by atoms with E-state index in [0.717, 1.165) is 16.7 Å². The minimum absolute atomic E-state index is 0.0464. The molecule has 1 amide bonds. The van der Waals surface area contributed by atoms with Gasteiger partial charge in [-0.2, -0.15) is 0 Å². The molecular weight excluding hydrogens is 448 g/mol. The summed E-state index contributed by atoms with van der Waals surface area (Å²) in [5.41, 5.74) is 9.53. The van der Waals surface area contributed by atoms with Gasteiger partial charge in [-0.15, -0.1) is 0 Å². The van der Waals surface area contributed by atoms with Crippen LogP contribution in [0.2, 0.25) is 0 Å². The van der Waals surface area contributed by atoms with Crippen molar-refractivity contribution in [3.8, 4) is 0 Å². The number of aliphatic imine (C=N–C) groups is 1. The molecule has 4 rings (SSSR count). The molecular formula is C30H36N4O2. The number of nitrogens with one attached hydrogen (secondary N) is 1. The lowest BCUT2D eigenvalue weighted by molar-refractivity contribution is -0.131. The minimum atomic E-state index is -0.885. The van der Waals surface area contributed by atoms with Gasteiger partial charge in [0.15, 0.2) is 5.96 Å². The molecule has 4 unspecified atom stereocenters. The van der Waals surface area contributed by atoms with Crippen LogP contribution in [0.3, 0.4) is 0 Å². The third kappa shape index (κ3) is 5.35. The van der Waals surface area contributed by atoms with Gasteiger partial charge in [0.1, 0.15) is 6.23 Å². The molecule has 0 spiro atoms. The average molecular weight is 485 g/mol. The van der Waals surface area contributed by atoms with E-state index < -0.39 is 17.8 Å². The molecule has 0 bridgehead atoms. The summed E-state index contributed by atoms with van der Waals surface area (Å²) in [5, 5.41) is 14.3. The smallest absolute Gasteiger partial charge is 0.232 e. The second kappa shape index (κ2) is 10.6. The molecule has 3 aromatic rings. The zero-order chi connectivity index (χ0) is 25.9. The molecule has 1 aliphatic rings. The van der Waals surface area contributed by atoms with Gasteiger partial charge in [0.25, 0.3) is 0 Å². The van der Waals surface area contributed by atoms with Crippen molar-refractivity contribution in [2.75, 3.05) is 0 Å². The monoisotopic (exact) mass is 484 g/mol. The number of rotatable bonds is 8. The fourth-order valence-electron chi connectivity index (χ4n) is 4.68. The number of hydrogen-bond acceptors (Lipinski definition) is 5. The largest absolute Gasteiger partial charge is 0.374 e. The van der Waals surface area contributed by atoms with E-state index in [1.54, 1.807) is 4.90 Å². The summed E-state index contributed by atoms with van der Waals surface area (Å²) in [6, 6.07) is 27.0. The molecule has 0 aromatic heterocycles. The Kier molecular flexibility index (Phi) is 7.57. The van der Waals surface area contributed by atoms with Crippen LogP contribution in [-0.2, 0) is 4.79 Å². The van der Waals surface area contributed by atoms with Crippen molar-refractivity contribution in [2.24, 2.45) is 16.6 Å². The van der Waals surface area contributed by atoms with Crippen molar-refractivity contribution in [2.45, 2.75) is 58.0 Å². The quantitative estimate of drug-likeness (QED) is 0.389. The van der Waals surface area contributed by atoms with E-state index in [0.29, 0.717) is 5.56 Å². The van der Waals surface area contributed by atoms with E-state index in [2.05, 4.69) is 19.2 Å². The summed E-state index contributed by atoms with van der Waals surface area (Å²) in [6.07, 6.45) is -0.600. The van der Waals surface area contributed by atoms with Crippen molar-refractivity contribution >= 4 is 11.9 Å². The van der Waals surface area contributed by atoms with Crippen LogP contribution in [0.4, 0.5) is 0 Å². The van der Waals surface area contributed by atoms with E-state index in [9.17, 15) is 9.90 Å². The van der Waals surface area contributed by atoms with Crippen molar-refractivity contribution in [3.05, 3.63) is 107 Å². The Labute approximate surface area is 213 Å². The highest BCUT2D eigenvalue weighted by molar-refractivity contribution is 6.00. The highest BCUT2D eigenvalue weighted by Gasteiger charge is 2.41. The number of benzene rings is 3. The number of carbonyl (C=O) groups is 1. The number of hydrogen-bond donors (Lipinski definition) is 3. The van der Waals surface area contributed by atoms with Gasteiger partial charge in [-0.05, 0) is 48.1 Å². The van der Waals surface area contributed by atoms with E-state index >= 15 is 0 Å². The van der Waals surface area contributed by atoms with Gasteiger partial charge in [-0.25, -0.2) is 4.99 Å². The number of carbonyl (C=O) groups excluding carboxylic acids is 1. The van der Waals surface area contributed by atoms with Gasteiger partial charge in [-0.3, -0.25) is 15.0 Å². The Morgan fingerprint density at radius 2 is 1.44 bits per heavy atom. The normalized spacial score (nSPS) is 20.7. The second-order valence-corrected chi connectivity index (χ2v) is 10.1. The van der Waals surface area contributed by atoms with Crippen molar-refractivity contribution < 1.29 is 9.90 Å². The number of amides is 1. The highest BCUT2D eigenvalue weighted by Crippen LogP contribution is 2.36. The molecule has 6 heteroatoms. The van der Waals surface area contributed by atoms with Gasteiger partial charge >= 0.3 is 0 Å². The molecule has 4 atom stereocenters.